The van der Waals surface area contributed by atoms with Crippen LogP contribution < -0.4 is 10.1 Å². The summed E-state index contributed by atoms with van der Waals surface area (Å²) in [5.41, 5.74) is 1.37. The molecule has 1 N–H and O–H groups in total. The predicted molar refractivity (Wildman–Crippen MR) is 73.0 cm³/mol. The van der Waals surface area contributed by atoms with E-state index in [2.05, 4.69) is 21.6 Å². The fraction of sp³-hybridized carbons (Fsp3) is 0.0833. The molecule has 2 rings (SSSR count). The summed E-state index contributed by atoms with van der Waals surface area (Å²) in [5.74, 6) is 0.517. The highest BCUT2D eigenvalue weighted by atomic mass is 35.5. The first-order valence-corrected chi connectivity index (χ1v) is 5.94. The second-order valence-electron chi connectivity index (χ2n) is 3.49. The summed E-state index contributed by atoms with van der Waals surface area (Å²) in [5, 5.41) is 19.7. The predicted octanol–water partition coefficient (Wildman–Crippen LogP) is 3.41. The molecule has 0 unspecified atom stereocenters. The van der Waals surface area contributed by atoms with E-state index in [1.165, 1.54) is 13.2 Å². The van der Waals surface area contributed by atoms with Crippen molar-refractivity contribution in [1.29, 1.82) is 5.26 Å². The molecule has 19 heavy (non-hydrogen) atoms. The Kier molecular flexibility index (Phi) is 4.05. The van der Waals surface area contributed by atoms with E-state index >= 15 is 0 Å². The lowest BCUT2D eigenvalue weighted by atomic mass is 10.1. The summed E-state index contributed by atoms with van der Waals surface area (Å²) in [7, 11) is 1.51. The lowest BCUT2D eigenvalue weighted by molar-refractivity contribution is 0.416. The zero-order chi connectivity index (χ0) is 13.8. The highest BCUT2D eigenvalue weighted by molar-refractivity contribution is 6.33. The Balaban J connectivity index is 2.48. The maximum absolute atomic E-state index is 9.11. The van der Waals surface area contributed by atoms with Crippen LogP contribution in [0.3, 0.4) is 0 Å². The average molecular weight is 295 g/mol. The normalized spacial score (nSPS) is 9.79. The topological polar surface area (TPSA) is 70.8 Å². The molecular weight excluding hydrogens is 287 g/mol. The van der Waals surface area contributed by atoms with Crippen molar-refractivity contribution >= 4 is 34.6 Å². The van der Waals surface area contributed by atoms with Crippen LogP contribution in [0.1, 0.15) is 5.56 Å². The van der Waals surface area contributed by atoms with Crippen LogP contribution in [-0.4, -0.2) is 17.3 Å². The summed E-state index contributed by atoms with van der Waals surface area (Å²) in [6.07, 6.45) is 0. The monoisotopic (exact) mass is 294 g/mol. The molecule has 0 fully saturated rings. The number of aromatic nitrogens is 2. The molecule has 1 aromatic carbocycles. The van der Waals surface area contributed by atoms with Gasteiger partial charge in [-0.2, -0.15) is 5.26 Å². The first kappa shape index (κ1) is 13.4. The van der Waals surface area contributed by atoms with Gasteiger partial charge in [0.25, 0.3) is 0 Å². The van der Waals surface area contributed by atoms with Crippen LogP contribution in [-0.2, 0) is 0 Å². The van der Waals surface area contributed by atoms with E-state index in [9.17, 15) is 0 Å². The SMILES string of the molecule is COc1cccc(C#N)c1Nc1cc(Cl)nnc1Cl. The lowest BCUT2D eigenvalue weighted by Gasteiger charge is -2.13. The van der Waals surface area contributed by atoms with Gasteiger partial charge in [-0.1, -0.05) is 29.3 Å². The highest BCUT2D eigenvalue weighted by Crippen LogP contribution is 2.33. The van der Waals surface area contributed by atoms with E-state index in [-0.39, 0.29) is 10.3 Å². The zero-order valence-electron chi connectivity index (χ0n) is 9.82. The van der Waals surface area contributed by atoms with Gasteiger partial charge < -0.3 is 10.1 Å². The van der Waals surface area contributed by atoms with Crippen LogP contribution in [0.5, 0.6) is 5.75 Å². The van der Waals surface area contributed by atoms with Gasteiger partial charge in [0.2, 0.25) is 0 Å². The molecule has 0 radical (unpaired) electrons. The third-order valence-corrected chi connectivity index (χ3v) is 2.81. The quantitative estimate of drug-likeness (QED) is 0.939. The summed E-state index contributed by atoms with van der Waals surface area (Å²) in [6.45, 7) is 0. The molecule has 0 aliphatic rings. The molecule has 0 aliphatic heterocycles. The van der Waals surface area contributed by atoms with E-state index in [1.54, 1.807) is 18.2 Å². The van der Waals surface area contributed by atoms with Crippen LogP contribution in [0.15, 0.2) is 24.3 Å². The molecule has 0 atom stereocenters. The fourth-order valence-corrected chi connectivity index (χ4v) is 1.79. The van der Waals surface area contributed by atoms with Gasteiger partial charge in [0.05, 0.1) is 24.0 Å². The van der Waals surface area contributed by atoms with Gasteiger partial charge in [-0.3, -0.25) is 0 Å². The van der Waals surface area contributed by atoms with E-state index in [1.807, 2.05) is 0 Å². The number of nitrogens with zero attached hydrogens (tertiary/aromatic N) is 3. The molecule has 0 saturated carbocycles. The minimum atomic E-state index is 0.152. The maximum atomic E-state index is 9.11. The summed E-state index contributed by atoms with van der Waals surface area (Å²) in [4.78, 5) is 0. The largest absolute Gasteiger partial charge is 0.495 e. The standard InChI is InChI=1S/C12H8Cl2N4O/c1-19-9-4-2-3-7(6-15)11(9)16-8-5-10(13)17-18-12(8)14/h2-5H,1H3,(H,16,17). The molecule has 1 aromatic heterocycles. The number of hydrogen-bond acceptors (Lipinski definition) is 5. The van der Waals surface area contributed by atoms with Gasteiger partial charge in [-0.05, 0) is 12.1 Å². The van der Waals surface area contributed by atoms with Crippen molar-refractivity contribution in [3.8, 4) is 11.8 Å². The molecule has 96 valence electrons. The summed E-state index contributed by atoms with van der Waals surface area (Å²) >= 11 is 11.7. The van der Waals surface area contributed by atoms with Gasteiger partial charge >= 0.3 is 0 Å². The zero-order valence-corrected chi connectivity index (χ0v) is 11.3. The van der Waals surface area contributed by atoms with Crippen molar-refractivity contribution in [3.05, 3.63) is 40.1 Å². The molecule has 2 aromatic rings. The van der Waals surface area contributed by atoms with Crippen LogP contribution in [0.2, 0.25) is 10.3 Å². The molecule has 0 bridgehead atoms. The Morgan fingerprint density at radius 3 is 2.79 bits per heavy atom. The van der Waals surface area contributed by atoms with Crippen molar-refractivity contribution < 1.29 is 4.74 Å². The number of benzene rings is 1. The molecule has 0 aliphatic carbocycles. The minimum Gasteiger partial charge on any atom is -0.495 e. The van der Waals surface area contributed by atoms with Gasteiger partial charge in [0, 0.05) is 6.07 Å². The Labute approximate surface area is 119 Å². The number of para-hydroxylation sites is 1. The molecule has 0 amide bonds. The van der Waals surface area contributed by atoms with Crippen LogP contribution in [0.4, 0.5) is 11.4 Å². The Hall–Kier alpha value is -2.03. The number of ether oxygens (including phenoxy) is 1. The Morgan fingerprint density at radius 2 is 2.11 bits per heavy atom. The number of anilines is 2. The van der Waals surface area contributed by atoms with E-state index in [4.69, 9.17) is 33.2 Å². The fourth-order valence-electron chi connectivity index (χ4n) is 1.50. The van der Waals surface area contributed by atoms with Gasteiger partial charge in [-0.25, -0.2) is 0 Å². The van der Waals surface area contributed by atoms with Gasteiger partial charge in [-0.15, -0.1) is 10.2 Å². The van der Waals surface area contributed by atoms with Gasteiger partial charge in [0.15, 0.2) is 10.3 Å². The number of nitrogens with one attached hydrogen (secondary N) is 1. The van der Waals surface area contributed by atoms with Crippen molar-refractivity contribution in [1.82, 2.24) is 10.2 Å². The average Bonchev–Trinajstić information content (AvgIpc) is 2.43. The van der Waals surface area contributed by atoms with E-state index < -0.39 is 0 Å². The highest BCUT2D eigenvalue weighted by Gasteiger charge is 2.12. The van der Waals surface area contributed by atoms with Crippen molar-refractivity contribution in [2.24, 2.45) is 0 Å². The van der Waals surface area contributed by atoms with E-state index in [0.29, 0.717) is 22.7 Å². The van der Waals surface area contributed by atoms with Crippen molar-refractivity contribution in [2.75, 3.05) is 12.4 Å². The molecule has 1 heterocycles. The smallest absolute Gasteiger partial charge is 0.175 e. The molecule has 5 nitrogen and oxygen atoms in total. The third kappa shape index (κ3) is 2.87. The summed E-state index contributed by atoms with van der Waals surface area (Å²) < 4.78 is 5.20. The third-order valence-electron chi connectivity index (χ3n) is 2.35. The van der Waals surface area contributed by atoms with Gasteiger partial charge in [0.1, 0.15) is 11.8 Å². The van der Waals surface area contributed by atoms with Crippen molar-refractivity contribution in [2.45, 2.75) is 0 Å². The van der Waals surface area contributed by atoms with Crippen molar-refractivity contribution in [3.63, 3.8) is 0 Å². The summed E-state index contributed by atoms with van der Waals surface area (Å²) in [6, 6.07) is 8.70. The Bertz CT molecular complexity index is 655. The number of nitriles is 1. The number of halogens is 2. The number of rotatable bonds is 3. The molecule has 0 saturated heterocycles. The Morgan fingerprint density at radius 1 is 1.32 bits per heavy atom. The first-order chi connectivity index (χ1) is 9.15. The number of methoxy groups -OCH3 is 1. The second kappa shape index (κ2) is 5.74. The van der Waals surface area contributed by atoms with E-state index in [0.717, 1.165) is 0 Å². The first-order valence-electron chi connectivity index (χ1n) is 5.18. The van der Waals surface area contributed by atoms with Crippen LogP contribution >= 0.6 is 23.2 Å². The van der Waals surface area contributed by atoms with Crippen LogP contribution in [0.25, 0.3) is 0 Å². The lowest BCUT2D eigenvalue weighted by Crippen LogP contribution is -1.99. The molecular formula is C12H8Cl2N4O. The minimum absolute atomic E-state index is 0.152. The number of hydrogen-bond donors (Lipinski definition) is 1. The molecule has 7 heteroatoms. The maximum Gasteiger partial charge on any atom is 0.175 e. The van der Waals surface area contributed by atoms with Crippen LogP contribution in [0, 0.1) is 11.3 Å². The molecule has 0 spiro atoms. The second-order valence-corrected chi connectivity index (χ2v) is 4.24.